The Morgan fingerprint density at radius 3 is 2.39 bits per heavy atom. The average molecular weight is 521 g/mol. The number of carboxylic acid groups (broad SMARTS) is 1. The molecule has 0 amide bonds. The Bertz CT molecular complexity index is 1300. The SMILES string of the molecule is COCCOc1cc(C)c(-c2cccc(CCc3ccc4c(c3)CC3(CC3)C4CC(=O)[O-])c2C)c(C)c1.[Na+]. The molecule has 1 fully saturated rings. The summed E-state index contributed by atoms with van der Waals surface area (Å²) in [6.45, 7) is 7.67. The van der Waals surface area contributed by atoms with Crippen LogP contribution in [0.4, 0.5) is 0 Å². The first-order valence-electron chi connectivity index (χ1n) is 13.4. The molecule has 3 aromatic rings. The van der Waals surface area contributed by atoms with Crippen LogP contribution in [-0.2, 0) is 28.8 Å². The van der Waals surface area contributed by atoms with Crippen LogP contribution in [0.2, 0.25) is 0 Å². The summed E-state index contributed by atoms with van der Waals surface area (Å²) < 4.78 is 11.0. The van der Waals surface area contributed by atoms with E-state index in [1.165, 1.54) is 50.1 Å². The van der Waals surface area contributed by atoms with Gasteiger partial charge < -0.3 is 19.4 Å². The van der Waals surface area contributed by atoms with E-state index in [9.17, 15) is 9.90 Å². The number of hydrogen-bond acceptors (Lipinski definition) is 4. The van der Waals surface area contributed by atoms with Crippen molar-refractivity contribution < 1.29 is 48.9 Å². The fourth-order valence-corrected chi connectivity index (χ4v) is 6.50. The summed E-state index contributed by atoms with van der Waals surface area (Å²) in [5.41, 5.74) is 11.8. The minimum absolute atomic E-state index is 0. The second-order valence-corrected chi connectivity index (χ2v) is 11.1. The first-order valence-corrected chi connectivity index (χ1v) is 13.4. The normalized spacial score (nSPS) is 16.7. The van der Waals surface area contributed by atoms with Crippen molar-refractivity contribution in [2.24, 2.45) is 5.41 Å². The molecule has 1 spiro atoms. The summed E-state index contributed by atoms with van der Waals surface area (Å²) in [7, 11) is 1.68. The van der Waals surface area contributed by atoms with Crippen LogP contribution in [0.3, 0.4) is 0 Å². The molecule has 0 aromatic heterocycles. The Morgan fingerprint density at radius 1 is 1.00 bits per heavy atom. The molecule has 4 nitrogen and oxygen atoms in total. The van der Waals surface area contributed by atoms with Gasteiger partial charge in [-0.2, -0.15) is 0 Å². The summed E-state index contributed by atoms with van der Waals surface area (Å²) >= 11 is 0. The van der Waals surface area contributed by atoms with Crippen molar-refractivity contribution >= 4 is 5.97 Å². The number of carbonyl (C=O) groups is 1. The van der Waals surface area contributed by atoms with E-state index in [1.807, 2.05) is 0 Å². The van der Waals surface area contributed by atoms with E-state index in [0.717, 1.165) is 37.9 Å². The summed E-state index contributed by atoms with van der Waals surface area (Å²) in [5, 5.41) is 11.4. The fraction of sp³-hybridized carbons (Fsp3) is 0.424. The van der Waals surface area contributed by atoms with Crippen molar-refractivity contribution in [3.05, 3.63) is 87.5 Å². The molecule has 0 aliphatic heterocycles. The van der Waals surface area contributed by atoms with Gasteiger partial charge in [-0.25, -0.2) is 0 Å². The van der Waals surface area contributed by atoms with E-state index in [1.54, 1.807) is 7.11 Å². The largest absolute Gasteiger partial charge is 1.00 e. The molecule has 0 heterocycles. The number of fused-ring (bicyclic) bond motifs is 1. The topological polar surface area (TPSA) is 58.6 Å². The second kappa shape index (κ2) is 12.0. The number of benzene rings is 3. The van der Waals surface area contributed by atoms with Crippen LogP contribution < -0.4 is 39.4 Å². The van der Waals surface area contributed by atoms with Crippen LogP contribution in [-0.4, -0.2) is 26.3 Å². The number of aliphatic carboxylic acids is 1. The van der Waals surface area contributed by atoms with E-state index in [2.05, 4.69) is 69.3 Å². The van der Waals surface area contributed by atoms with E-state index >= 15 is 0 Å². The third kappa shape index (κ3) is 5.89. The third-order valence-corrected chi connectivity index (χ3v) is 8.59. The van der Waals surface area contributed by atoms with Gasteiger partial charge in [0.15, 0.2) is 0 Å². The molecule has 1 unspecified atom stereocenters. The minimum Gasteiger partial charge on any atom is -0.550 e. The van der Waals surface area contributed by atoms with Gasteiger partial charge in [-0.05, 0) is 133 Å². The van der Waals surface area contributed by atoms with Gasteiger partial charge in [0.05, 0.1) is 6.61 Å². The van der Waals surface area contributed by atoms with Gasteiger partial charge in [-0.15, -0.1) is 0 Å². The molecule has 2 aliphatic carbocycles. The zero-order valence-electron chi connectivity index (χ0n) is 23.5. The van der Waals surface area contributed by atoms with Gasteiger partial charge in [0.1, 0.15) is 12.4 Å². The molecule has 194 valence electrons. The van der Waals surface area contributed by atoms with Crippen LogP contribution in [0.25, 0.3) is 11.1 Å². The second-order valence-electron chi connectivity index (χ2n) is 11.1. The number of carboxylic acids is 1. The van der Waals surface area contributed by atoms with Crippen molar-refractivity contribution in [3.8, 4) is 16.9 Å². The molecule has 38 heavy (non-hydrogen) atoms. The molecule has 1 atom stereocenters. The van der Waals surface area contributed by atoms with Crippen molar-refractivity contribution in [1.29, 1.82) is 0 Å². The number of aryl methyl sites for hydroxylation is 4. The zero-order chi connectivity index (χ0) is 26.2. The average Bonchev–Trinajstić information content (AvgIpc) is 3.56. The molecule has 0 N–H and O–H groups in total. The van der Waals surface area contributed by atoms with Crippen LogP contribution in [0, 0.1) is 26.2 Å². The minimum atomic E-state index is -0.928. The molecule has 2 aliphatic rings. The van der Waals surface area contributed by atoms with Crippen LogP contribution in [0.5, 0.6) is 5.75 Å². The number of ether oxygens (including phenoxy) is 2. The first-order chi connectivity index (χ1) is 17.8. The third-order valence-electron chi connectivity index (χ3n) is 8.59. The van der Waals surface area contributed by atoms with Crippen molar-refractivity contribution in [2.75, 3.05) is 20.3 Å². The maximum atomic E-state index is 11.4. The predicted molar refractivity (Wildman–Crippen MR) is 145 cm³/mol. The van der Waals surface area contributed by atoms with E-state index in [4.69, 9.17) is 9.47 Å². The molecular formula is C33H37NaO4. The van der Waals surface area contributed by atoms with Crippen molar-refractivity contribution in [3.63, 3.8) is 0 Å². The maximum absolute atomic E-state index is 11.4. The van der Waals surface area contributed by atoms with Crippen molar-refractivity contribution in [1.82, 2.24) is 0 Å². The smallest absolute Gasteiger partial charge is 0.550 e. The molecule has 5 rings (SSSR count). The number of rotatable bonds is 10. The molecule has 5 heteroatoms. The molecule has 0 saturated heterocycles. The van der Waals surface area contributed by atoms with E-state index < -0.39 is 5.97 Å². The summed E-state index contributed by atoms with van der Waals surface area (Å²) in [5.74, 6) is 0.0852. The Kier molecular flexibility index (Phi) is 9.09. The Morgan fingerprint density at radius 2 is 1.74 bits per heavy atom. The first kappa shape index (κ1) is 28.9. The van der Waals surface area contributed by atoms with E-state index in [0.29, 0.717) is 13.2 Å². The molecule has 0 bridgehead atoms. The Hall–Kier alpha value is -2.11. The quantitative estimate of drug-likeness (QED) is 0.305. The summed E-state index contributed by atoms with van der Waals surface area (Å²) in [4.78, 5) is 11.4. The molecular weight excluding hydrogens is 483 g/mol. The maximum Gasteiger partial charge on any atom is 1.00 e. The predicted octanol–water partition coefficient (Wildman–Crippen LogP) is 2.65. The Labute approximate surface area is 249 Å². The summed E-state index contributed by atoms with van der Waals surface area (Å²) in [6.07, 6.45) is 5.40. The molecule has 3 aromatic carbocycles. The van der Waals surface area contributed by atoms with Gasteiger partial charge in [0, 0.05) is 13.1 Å². The fourth-order valence-electron chi connectivity index (χ4n) is 6.50. The van der Waals surface area contributed by atoms with Crippen molar-refractivity contribution in [2.45, 2.75) is 65.2 Å². The molecule has 1 saturated carbocycles. The van der Waals surface area contributed by atoms with Crippen LogP contribution >= 0.6 is 0 Å². The molecule has 0 radical (unpaired) electrons. The van der Waals surface area contributed by atoms with Gasteiger partial charge in [-0.1, -0.05) is 36.4 Å². The Balaban J connectivity index is 0.00000336. The van der Waals surface area contributed by atoms with Gasteiger partial charge in [-0.3, -0.25) is 0 Å². The zero-order valence-corrected chi connectivity index (χ0v) is 25.5. The van der Waals surface area contributed by atoms with E-state index in [-0.39, 0.29) is 47.3 Å². The van der Waals surface area contributed by atoms with Gasteiger partial charge in [0.2, 0.25) is 0 Å². The standard InChI is InChI=1S/C33H38O4.Na/c1-21-16-27(37-15-14-36-4)17-22(2)32(21)28-7-5-6-25(23(28)3)10-8-24-9-11-29-26(18-24)20-33(12-13-33)30(29)19-31(34)35;/h5-7,9,11,16-18,30H,8,10,12-15,19-20H2,1-4H3,(H,34,35);/q;+1/p-1. The van der Waals surface area contributed by atoms with Gasteiger partial charge >= 0.3 is 29.6 Å². The van der Waals surface area contributed by atoms with Crippen LogP contribution in [0.1, 0.15) is 64.1 Å². The van der Waals surface area contributed by atoms with Crippen LogP contribution in [0.15, 0.2) is 48.5 Å². The monoisotopic (exact) mass is 520 g/mol. The summed E-state index contributed by atoms with van der Waals surface area (Å²) in [6, 6.07) is 17.6. The number of methoxy groups -OCH3 is 1. The number of carbonyl (C=O) groups excluding carboxylic acids is 1. The van der Waals surface area contributed by atoms with Gasteiger partial charge in [0.25, 0.3) is 0 Å². The number of hydrogen-bond donors (Lipinski definition) is 0.